The van der Waals surface area contributed by atoms with E-state index in [-0.39, 0.29) is 24.8 Å². The number of carbonyl (C=O) groups excluding carboxylic acids is 3. The van der Waals surface area contributed by atoms with E-state index in [4.69, 9.17) is 10.3 Å². The third-order valence-corrected chi connectivity index (χ3v) is 4.25. The molecule has 1 aromatic heterocycles. The van der Waals surface area contributed by atoms with Crippen molar-refractivity contribution in [1.29, 1.82) is 0 Å². The summed E-state index contributed by atoms with van der Waals surface area (Å²) in [7, 11) is 0. The summed E-state index contributed by atoms with van der Waals surface area (Å²) >= 11 is 0. The Kier molecular flexibility index (Phi) is 7.54. The monoisotopic (exact) mass is 418 g/mol. The van der Waals surface area contributed by atoms with Gasteiger partial charge in [0.25, 0.3) is 5.91 Å². The highest BCUT2D eigenvalue weighted by Gasteiger charge is 2.29. The van der Waals surface area contributed by atoms with Crippen molar-refractivity contribution in [3.8, 4) is 0 Å². The quantitative estimate of drug-likeness (QED) is 0.226. The number of amides is 1. The van der Waals surface area contributed by atoms with Crippen LogP contribution in [0.5, 0.6) is 0 Å². The molecule has 0 saturated heterocycles. The van der Waals surface area contributed by atoms with E-state index in [9.17, 15) is 28.7 Å². The van der Waals surface area contributed by atoms with Gasteiger partial charge in [-0.3, -0.25) is 14.4 Å². The van der Waals surface area contributed by atoms with Gasteiger partial charge in [0.1, 0.15) is 11.9 Å². The van der Waals surface area contributed by atoms with Gasteiger partial charge in [0.05, 0.1) is 5.52 Å². The molecule has 2 unspecified atom stereocenters. The molecule has 0 radical (unpaired) electrons. The lowest BCUT2D eigenvalue weighted by Crippen LogP contribution is -2.47. The van der Waals surface area contributed by atoms with Gasteiger partial charge in [-0.15, -0.1) is 0 Å². The van der Waals surface area contributed by atoms with E-state index in [2.05, 4.69) is 15.1 Å². The molecule has 10 nitrogen and oxygen atoms in total. The zero-order valence-corrected chi connectivity index (χ0v) is 15.9. The fourth-order valence-corrected chi connectivity index (χ4v) is 2.87. The van der Waals surface area contributed by atoms with E-state index >= 15 is 0 Å². The van der Waals surface area contributed by atoms with Crippen LogP contribution < -0.4 is 5.32 Å². The number of halogens is 1. The van der Waals surface area contributed by atoms with E-state index in [1.165, 1.54) is 18.3 Å². The molecule has 0 saturated carbocycles. The van der Waals surface area contributed by atoms with Crippen molar-refractivity contribution in [1.82, 2.24) is 10.3 Å². The summed E-state index contributed by atoms with van der Waals surface area (Å²) in [6.45, 7) is 1.09. The molecule has 0 spiro atoms. The van der Waals surface area contributed by atoms with Crippen molar-refractivity contribution in [2.45, 2.75) is 38.3 Å². The lowest BCUT2D eigenvalue weighted by Gasteiger charge is -2.20. The minimum Gasteiger partial charge on any atom is -0.480 e. The number of H-pyrrole nitrogens is 1. The molecule has 1 heterocycles. The van der Waals surface area contributed by atoms with Crippen LogP contribution in [0.4, 0.5) is 4.39 Å². The van der Waals surface area contributed by atoms with Crippen LogP contribution in [0.1, 0.15) is 25.3 Å². The van der Waals surface area contributed by atoms with Gasteiger partial charge in [-0.25, -0.2) is 9.18 Å². The first-order chi connectivity index (χ1) is 14.2. The molecule has 1 amide bonds. The van der Waals surface area contributed by atoms with Crippen molar-refractivity contribution in [3.63, 3.8) is 0 Å². The first kappa shape index (κ1) is 22.4. The Morgan fingerprint density at radius 3 is 2.73 bits per heavy atom. The van der Waals surface area contributed by atoms with Crippen LogP contribution in [0.2, 0.25) is 0 Å². The first-order valence-corrected chi connectivity index (χ1v) is 8.88. The number of hydrogen-bond donors (Lipinski definition) is 3. The number of nitrogens with one attached hydrogen (secondary N) is 2. The van der Waals surface area contributed by atoms with Crippen LogP contribution in [-0.2, 0) is 30.3 Å². The second-order valence-corrected chi connectivity index (χ2v) is 6.43. The number of Topliss-reactive ketones (excluding diaryl/α,β-unsaturated/α-hetero) is 1. The number of fused-ring (bicyclic) bond motifs is 1. The minimum absolute atomic E-state index is 0.128. The van der Waals surface area contributed by atoms with Crippen LogP contribution >= 0.6 is 0 Å². The maximum absolute atomic E-state index is 13.9. The summed E-state index contributed by atoms with van der Waals surface area (Å²) in [4.78, 5) is 52.1. The predicted octanol–water partition coefficient (Wildman–Crippen LogP) is 1.00. The Balaban J connectivity index is 2.18. The molecule has 2 rings (SSSR count). The van der Waals surface area contributed by atoms with Crippen molar-refractivity contribution in [2.75, 3.05) is 0 Å². The van der Waals surface area contributed by atoms with Crippen molar-refractivity contribution in [3.05, 3.63) is 41.3 Å². The summed E-state index contributed by atoms with van der Waals surface area (Å²) in [5.74, 6) is -4.16. The number of rotatable bonds is 10. The third-order valence-electron chi connectivity index (χ3n) is 4.25. The zero-order valence-electron chi connectivity index (χ0n) is 15.9. The molecule has 0 aliphatic carbocycles. The fraction of sp³-hybridized carbons (Fsp3) is 0.316. The van der Waals surface area contributed by atoms with Gasteiger partial charge >= 0.3 is 18.2 Å². The van der Waals surface area contributed by atoms with Crippen LogP contribution in [0.3, 0.4) is 0 Å². The van der Waals surface area contributed by atoms with E-state index in [1.807, 2.05) is 0 Å². The number of aromatic nitrogens is 1. The van der Waals surface area contributed by atoms with Crippen LogP contribution in [-0.4, -0.2) is 56.9 Å². The first-order valence-electron chi connectivity index (χ1n) is 8.88. The van der Waals surface area contributed by atoms with E-state index in [0.29, 0.717) is 17.2 Å². The molecule has 30 heavy (non-hydrogen) atoms. The highest BCUT2D eigenvalue weighted by Crippen LogP contribution is 2.22. The third kappa shape index (κ3) is 5.82. The maximum Gasteiger partial charge on any atom is 0.326 e. The summed E-state index contributed by atoms with van der Waals surface area (Å²) in [5, 5.41) is 12.0. The van der Waals surface area contributed by atoms with Crippen LogP contribution in [0, 0.1) is 5.82 Å². The van der Waals surface area contributed by atoms with Crippen molar-refractivity contribution >= 4 is 40.7 Å². The largest absolute Gasteiger partial charge is 0.480 e. The van der Waals surface area contributed by atoms with Crippen molar-refractivity contribution < 1.29 is 38.2 Å². The minimum atomic E-state index is -1.44. The number of hydrogen-bond acceptors (Lipinski definition) is 5. The number of nitrogens with zero attached hydrogens (tertiary/aromatic N) is 2. The maximum atomic E-state index is 13.9. The van der Waals surface area contributed by atoms with E-state index in [0.717, 1.165) is 6.92 Å². The highest BCUT2D eigenvalue weighted by molar-refractivity contribution is 6.25. The summed E-state index contributed by atoms with van der Waals surface area (Å²) in [6, 6.07) is 2.94. The molecule has 0 bridgehead atoms. The van der Waals surface area contributed by atoms with E-state index < -0.39 is 41.6 Å². The second-order valence-electron chi connectivity index (χ2n) is 6.43. The molecule has 1 aromatic carbocycles. The number of esters is 1. The molecule has 0 aliphatic rings. The van der Waals surface area contributed by atoms with Gasteiger partial charge in [0, 0.05) is 31.3 Å². The summed E-state index contributed by atoms with van der Waals surface area (Å²) < 4.78 is 18.9. The second kappa shape index (κ2) is 10.1. The van der Waals surface area contributed by atoms with Gasteiger partial charge < -0.3 is 25.7 Å². The Morgan fingerprint density at radius 1 is 1.37 bits per heavy atom. The number of aliphatic carboxylic acids is 1. The summed E-state index contributed by atoms with van der Waals surface area (Å²) in [5.41, 5.74) is 9.03. The number of carbonyl (C=O) groups is 4. The normalized spacial score (nSPS) is 12.5. The van der Waals surface area contributed by atoms with Gasteiger partial charge in [0.2, 0.25) is 5.78 Å². The van der Waals surface area contributed by atoms with Gasteiger partial charge in [0.15, 0.2) is 6.10 Å². The molecule has 2 aromatic rings. The number of benzene rings is 1. The molecule has 0 fully saturated rings. The van der Waals surface area contributed by atoms with E-state index in [1.54, 1.807) is 6.07 Å². The average molecular weight is 418 g/mol. The standard InChI is InChI=1S/C19H19FN4O6/c1-10(25)30-16(7-11-8-22-17-13(11)3-2-4-14(17)20)18(27)24-15(19(28)29)6-5-12(26)9-23-21/h2-4,8-9,15-16,22H,5-7H2,1H3,(H,24,27)(H,28,29). The Morgan fingerprint density at radius 2 is 2.10 bits per heavy atom. The zero-order chi connectivity index (χ0) is 22.3. The highest BCUT2D eigenvalue weighted by atomic mass is 19.1. The van der Waals surface area contributed by atoms with Gasteiger partial charge in [-0.05, 0) is 18.1 Å². The number of carboxylic acids is 1. The lowest BCUT2D eigenvalue weighted by atomic mass is 10.0. The SMILES string of the molecule is CC(=O)OC(Cc1c[nH]c2c(F)cccc12)C(=O)NC(CCC(=O)C=[N+]=[N-])C(=O)O. The molecule has 158 valence electrons. The van der Waals surface area contributed by atoms with Crippen LogP contribution in [0.15, 0.2) is 24.4 Å². The number of aromatic amines is 1. The molecular weight excluding hydrogens is 399 g/mol. The number of carboxylic acid groups (broad SMARTS) is 1. The Bertz CT molecular complexity index is 1030. The average Bonchev–Trinajstić information content (AvgIpc) is 3.08. The fourth-order valence-electron chi connectivity index (χ4n) is 2.87. The molecular formula is C19H19FN4O6. The smallest absolute Gasteiger partial charge is 0.326 e. The molecule has 2 atom stereocenters. The number of ether oxygens (including phenoxy) is 1. The Labute approximate surface area is 169 Å². The van der Waals surface area contributed by atoms with Gasteiger partial charge in [-0.2, -0.15) is 4.79 Å². The molecule has 3 N–H and O–H groups in total. The lowest BCUT2D eigenvalue weighted by molar-refractivity contribution is -0.155. The van der Waals surface area contributed by atoms with Crippen LogP contribution in [0.25, 0.3) is 16.4 Å². The summed E-state index contributed by atoms with van der Waals surface area (Å²) in [6.07, 6.45) is 0.0362. The number of para-hydroxylation sites is 1. The topological polar surface area (TPSA) is 162 Å². The molecule has 11 heteroatoms. The Hall–Kier alpha value is -3.85. The van der Waals surface area contributed by atoms with Gasteiger partial charge in [-0.1, -0.05) is 12.1 Å². The molecule has 0 aliphatic heterocycles. The number of ketones is 1. The predicted molar refractivity (Wildman–Crippen MR) is 101 cm³/mol. The van der Waals surface area contributed by atoms with Crippen molar-refractivity contribution in [2.24, 2.45) is 0 Å².